The molecule has 35 heavy (non-hydrogen) atoms. The van der Waals surface area contributed by atoms with Crippen molar-refractivity contribution in [2.75, 3.05) is 26.7 Å². The molecule has 192 valence electrons. The molecule has 0 radical (unpaired) electrons. The Hall–Kier alpha value is -2.45. The van der Waals surface area contributed by atoms with Crippen molar-refractivity contribution in [3.63, 3.8) is 0 Å². The fraction of sp³-hybridized carbons (Fsp3) is 0.667. The monoisotopic (exact) mass is 483 g/mol. The molecule has 0 aromatic heterocycles. The van der Waals surface area contributed by atoms with E-state index >= 15 is 0 Å². The first kappa shape index (κ1) is 25.6. The van der Waals surface area contributed by atoms with Crippen LogP contribution in [0.4, 0.5) is 0 Å². The van der Waals surface area contributed by atoms with Gasteiger partial charge in [0.2, 0.25) is 17.7 Å². The highest BCUT2D eigenvalue weighted by Gasteiger charge is 2.45. The minimum atomic E-state index is -0.587. The normalized spacial score (nSPS) is 24.9. The highest BCUT2D eigenvalue weighted by atomic mass is 16.2. The predicted molar refractivity (Wildman–Crippen MR) is 135 cm³/mol. The zero-order valence-electron chi connectivity index (χ0n) is 21.2. The molecule has 0 bridgehead atoms. The van der Waals surface area contributed by atoms with Gasteiger partial charge in [0, 0.05) is 25.7 Å². The van der Waals surface area contributed by atoms with Crippen LogP contribution in [0.2, 0.25) is 0 Å². The van der Waals surface area contributed by atoms with Gasteiger partial charge in [-0.3, -0.25) is 19.3 Å². The fourth-order valence-corrected chi connectivity index (χ4v) is 5.82. The van der Waals surface area contributed by atoms with Gasteiger partial charge in [0.25, 0.3) is 0 Å². The molecule has 1 aromatic carbocycles. The van der Waals surface area contributed by atoms with Crippen molar-refractivity contribution in [3.05, 3.63) is 35.9 Å². The number of amides is 3. The van der Waals surface area contributed by atoms with E-state index in [2.05, 4.69) is 20.9 Å². The van der Waals surface area contributed by atoms with Crippen LogP contribution in [0.3, 0.4) is 0 Å². The number of rotatable bonds is 8. The second-order valence-electron chi connectivity index (χ2n) is 10.4. The fourth-order valence-electron chi connectivity index (χ4n) is 5.82. The molecule has 3 fully saturated rings. The zero-order valence-corrected chi connectivity index (χ0v) is 21.2. The van der Waals surface area contributed by atoms with Crippen molar-refractivity contribution in [1.29, 1.82) is 0 Å². The lowest BCUT2D eigenvalue weighted by Crippen LogP contribution is -2.66. The first-order valence-electron chi connectivity index (χ1n) is 13.3. The first-order valence-corrected chi connectivity index (χ1v) is 13.3. The third kappa shape index (κ3) is 6.22. The number of piperazine rings is 1. The SMILES string of the molecule is CN[C@@H](C)C(=O)N[C@H](C(=O)N1CC2CCCN2CC1C(=O)NCc1ccccc1)C1CCCCC1. The Morgan fingerprint density at radius 3 is 2.46 bits per heavy atom. The quantitative estimate of drug-likeness (QED) is 0.523. The Labute approximate surface area is 209 Å². The van der Waals surface area contributed by atoms with Crippen LogP contribution >= 0.6 is 0 Å². The maximum atomic E-state index is 14.1. The molecule has 1 aromatic rings. The molecule has 2 heterocycles. The number of nitrogens with one attached hydrogen (secondary N) is 3. The Balaban J connectivity index is 1.53. The van der Waals surface area contributed by atoms with Crippen LogP contribution in [-0.2, 0) is 20.9 Å². The average Bonchev–Trinajstić information content (AvgIpc) is 3.37. The van der Waals surface area contributed by atoms with Crippen molar-refractivity contribution in [2.45, 2.75) is 82.6 Å². The van der Waals surface area contributed by atoms with E-state index in [1.165, 1.54) is 6.42 Å². The zero-order chi connectivity index (χ0) is 24.8. The molecule has 2 aliphatic heterocycles. The van der Waals surface area contributed by atoms with Gasteiger partial charge < -0.3 is 20.9 Å². The highest BCUT2D eigenvalue weighted by Crippen LogP contribution is 2.30. The molecule has 4 rings (SSSR count). The van der Waals surface area contributed by atoms with Gasteiger partial charge in [0.05, 0.1) is 6.04 Å². The molecule has 0 spiro atoms. The van der Waals surface area contributed by atoms with Crippen molar-refractivity contribution in [3.8, 4) is 0 Å². The van der Waals surface area contributed by atoms with Gasteiger partial charge in [-0.25, -0.2) is 0 Å². The third-order valence-electron chi connectivity index (χ3n) is 8.10. The summed E-state index contributed by atoms with van der Waals surface area (Å²) in [6.45, 7) is 4.30. The summed E-state index contributed by atoms with van der Waals surface area (Å²) in [5, 5.41) is 9.11. The lowest BCUT2D eigenvalue weighted by atomic mass is 9.82. The predicted octanol–water partition coefficient (Wildman–Crippen LogP) is 1.65. The Morgan fingerprint density at radius 2 is 1.74 bits per heavy atom. The molecular weight excluding hydrogens is 442 g/mol. The van der Waals surface area contributed by atoms with Crippen molar-refractivity contribution >= 4 is 17.7 Å². The molecule has 1 aliphatic carbocycles. The summed E-state index contributed by atoms with van der Waals surface area (Å²) in [6.07, 6.45) is 7.31. The van der Waals surface area contributed by atoms with Crippen LogP contribution in [-0.4, -0.2) is 78.4 Å². The van der Waals surface area contributed by atoms with Gasteiger partial charge in [0.1, 0.15) is 12.1 Å². The summed E-state index contributed by atoms with van der Waals surface area (Å²) in [5.41, 5.74) is 1.03. The molecule has 3 amide bonds. The minimum Gasteiger partial charge on any atom is -0.350 e. The van der Waals surface area contributed by atoms with Crippen LogP contribution in [0.25, 0.3) is 0 Å². The van der Waals surface area contributed by atoms with Crippen molar-refractivity contribution < 1.29 is 14.4 Å². The summed E-state index contributed by atoms with van der Waals surface area (Å²) >= 11 is 0. The molecule has 8 nitrogen and oxygen atoms in total. The lowest BCUT2D eigenvalue weighted by Gasteiger charge is -2.45. The standard InChI is InChI=1S/C27H41N5O3/c1-19(28-2)25(33)30-24(21-12-7-4-8-13-21)27(35)32-17-22-14-9-15-31(22)18-23(32)26(34)29-16-20-10-5-3-6-11-20/h3,5-6,10-11,19,21-24,28H,4,7-9,12-18H2,1-2H3,(H,29,34)(H,30,33)/t19-,22?,23?,24-/m0/s1. The number of fused-ring (bicyclic) bond motifs is 1. The average molecular weight is 484 g/mol. The Kier molecular flexibility index (Phi) is 8.78. The minimum absolute atomic E-state index is 0.0973. The summed E-state index contributed by atoms with van der Waals surface area (Å²) in [4.78, 5) is 44.5. The van der Waals surface area contributed by atoms with E-state index in [-0.39, 0.29) is 35.7 Å². The van der Waals surface area contributed by atoms with E-state index < -0.39 is 12.1 Å². The van der Waals surface area contributed by atoms with E-state index in [9.17, 15) is 14.4 Å². The number of carbonyl (C=O) groups excluding carboxylic acids is 3. The van der Waals surface area contributed by atoms with Crippen molar-refractivity contribution in [2.24, 2.45) is 5.92 Å². The maximum Gasteiger partial charge on any atom is 0.246 e. The number of carbonyl (C=O) groups is 3. The van der Waals surface area contributed by atoms with Gasteiger partial charge in [-0.1, -0.05) is 49.6 Å². The number of hydrogen-bond acceptors (Lipinski definition) is 5. The molecule has 3 aliphatic rings. The van der Waals surface area contributed by atoms with Gasteiger partial charge in [-0.15, -0.1) is 0 Å². The van der Waals surface area contributed by atoms with E-state index in [1.54, 1.807) is 18.9 Å². The highest BCUT2D eigenvalue weighted by molar-refractivity contribution is 5.93. The molecular formula is C27H41N5O3. The third-order valence-corrected chi connectivity index (χ3v) is 8.10. The van der Waals surface area contributed by atoms with Crippen molar-refractivity contribution in [1.82, 2.24) is 25.8 Å². The van der Waals surface area contributed by atoms with Crippen LogP contribution in [0, 0.1) is 5.92 Å². The number of hydrogen-bond donors (Lipinski definition) is 3. The second kappa shape index (κ2) is 12.0. The Bertz CT molecular complexity index is 873. The Morgan fingerprint density at radius 1 is 1.00 bits per heavy atom. The maximum absolute atomic E-state index is 14.1. The summed E-state index contributed by atoms with van der Waals surface area (Å²) in [5.74, 6) is -0.273. The summed E-state index contributed by atoms with van der Waals surface area (Å²) in [6, 6.07) is 8.60. The molecule has 8 heteroatoms. The molecule has 3 N–H and O–H groups in total. The topological polar surface area (TPSA) is 93.8 Å². The number of likely N-dealkylation sites (N-methyl/N-ethyl adjacent to an activating group) is 1. The number of nitrogens with zero attached hydrogens (tertiary/aromatic N) is 2. The second-order valence-corrected chi connectivity index (χ2v) is 10.4. The van der Waals surface area contributed by atoms with E-state index in [1.807, 2.05) is 30.3 Å². The van der Waals surface area contributed by atoms with Gasteiger partial charge >= 0.3 is 0 Å². The summed E-state index contributed by atoms with van der Waals surface area (Å²) in [7, 11) is 1.74. The molecule has 2 saturated heterocycles. The van der Waals surface area contributed by atoms with Gasteiger partial charge in [0.15, 0.2) is 0 Å². The van der Waals surface area contributed by atoms with Crippen LogP contribution in [0.5, 0.6) is 0 Å². The smallest absolute Gasteiger partial charge is 0.246 e. The molecule has 4 atom stereocenters. The molecule has 1 saturated carbocycles. The summed E-state index contributed by atoms with van der Waals surface area (Å²) < 4.78 is 0. The van der Waals surface area contributed by atoms with Gasteiger partial charge in [-0.2, -0.15) is 0 Å². The van der Waals surface area contributed by atoms with E-state index in [0.717, 1.165) is 50.6 Å². The van der Waals surface area contributed by atoms with Crippen LogP contribution in [0.15, 0.2) is 30.3 Å². The van der Waals surface area contributed by atoms with E-state index in [0.29, 0.717) is 19.6 Å². The molecule has 2 unspecified atom stereocenters. The van der Waals surface area contributed by atoms with E-state index in [4.69, 9.17) is 0 Å². The first-order chi connectivity index (χ1) is 17.0. The van der Waals surface area contributed by atoms with Crippen LogP contribution < -0.4 is 16.0 Å². The van der Waals surface area contributed by atoms with Crippen LogP contribution in [0.1, 0.15) is 57.4 Å². The lowest BCUT2D eigenvalue weighted by molar-refractivity contribution is -0.149. The van der Waals surface area contributed by atoms with Gasteiger partial charge in [-0.05, 0) is 57.7 Å². The largest absolute Gasteiger partial charge is 0.350 e. The number of benzene rings is 1.